The van der Waals surface area contributed by atoms with Crippen LogP contribution in [0, 0.1) is 13.8 Å². The van der Waals surface area contributed by atoms with Crippen molar-refractivity contribution in [3.8, 4) is 0 Å². The molecule has 0 aliphatic rings. The van der Waals surface area contributed by atoms with E-state index in [1.165, 1.54) is 6.92 Å². The predicted molar refractivity (Wildman–Crippen MR) is 109 cm³/mol. The van der Waals surface area contributed by atoms with Crippen molar-refractivity contribution in [3.05, 3.63) is 35.2 Å². The van der Waals surface area contributed by atoms with Crippen LogP contribution in [0.1, 0.15) is 50.8 Å². The van der Waals surface area contributed by atoms with Gasteiger partial charge in [-0.05, 0) is 52.7 Å². The number of hydrogen-bond donors (Lipinski definition) is 2. The number of nitrogens with zero attached hydrogens (tertiary/aromatic N) is 2. The van der Waals surface area contributed by atoms with Crippen molar-refractivity contribution < 1.29 is 27.2 Å². The lowest BCUT2D eigenvalue weighted by Crippen LogP contribution is -2.34. The number of ether oxygens (including phenoxy) is 1. The highest BCUT2D eigenvalue weighted by molar-refractivity contribution is 7.91. The molecule has 11 heteroatoms. The average molecular weight is 439 g/mol. The Morgan fingerprint density at radius 1 is 1.17 bits per heavy atom. The summed E-state index contributed by atoms with van der Waals surface area (Å²) in [5.74, 6) is -1.72. The minimum absolute atomic E-state index is 0.130. The molecule has 1 aromatic carbocycles. The molecular weight excluding hydrogens is 412 g/mol. The molecule has 1 heterocycles. The van der Waals surface area contributed by atoms with Gasteiger partial charge in [0.25, 0.3) is 0 Å². The zero-order valence-corrected chi connectivity index (χ0v) is 18.6. The third kappa shape index (κ3) is 6.28. The van der Waals surface area contributed by atoms with Crippen LogP contribution < -0.4 is 10.6 Å². The van der Waals surface area contributed by atoms with E-state index in [1.54, 1.807) is 46.8 Å². The Bertz CT molecular complexity index is 1020. The van der Waals surface area contributed by atoms with Gasteiger partial charge < -0.3 is 19.8 Å². The minimum Gasteiger partial charge on any atom is -0.444 e. The van der Waals surface area contributed by atoms with Crippen molar-refractivity contribution in [3.63, 3.8) is 0 Å². The van der Waals surface area contributed by atoms with E-state index < -0.39 is 44.5 Å². The first-order chi connectivity index (χ1) is 13.8. The number of carbonyl (C=O) groups excluding carboxylic acids is 2. The van der Waals surface area contributed by atoms with E-state index >= 15 is 0 Å². The number of para-hydroxylation sites is 1. The van der Waals surface area contributed by atoms with Gasteiger partial charge in [0.1, 0.15) is 17.4 Å². The normalized spacial score (nSPS) is 12.9. The summed E-state index contributed by atoms with van der Waals surface area (Å²) >= 11 is 0. The lowest BCUT2D eigenvalue weighted by Gasteiger charge is -2.20. The van der Waals surface area contributed by atoms with Gasteiger partial charge >= 0.3 is 11.3 Å². The number of nitrogens with one attached hydrogen (secondary N) is 2. The number of amides is 2. The Hall–Kier alpha value is -2.95. The van der Waals surface area contributed by atoms with E-state index in [9.17, 15) is 18.0 Å². The zero-order chi connectivity index (χ0) is 22.7. The molecule has 2 aromatic rings. The number of sulfone groups is 1. The summed E-state index contributed by atoms with van der Waals surface area (Å²) in [6.07, 6.45) is -0.717. The second-order valence-electron chi connectivity index (χ2n) is 7.85. The van der Waals surface area contributed by atoms with Gasteiger partial charge in [-0.25, -0.2) is 13.2 Å². The lowest BCUT2D eigenvalue weighted by atomic mass is 10.1. The SMILES string of the molecule is Cc1cccc(C)c1NC(=O)CS(=O)(=O)c1nnc(C(C)NC(=O)OC(C)(C)C)o1. The van der Waals surface area contributed by atoms with Crippen molar-refractivity contribution in [2.45, 2.75) is 58.4 Å². The van der Waals surface area contributed by atoms with Crippen LogP contribution in [0.4, 0.5) is 10.5 Å². The fourth-order valence-electron chi connectivity index (χ4n) is 2.49. The number of anilines is 1. The van der Waals surface area contributed by atoms with Crippen molar-refractivity contribution in [2.24, 2.45) is 0 Å². The van der Waals surface area contributed by atoms with Crippen LogP contribution >= 0.6 is 0 Å². The summed E-state index contributed by atoms with van der Waals surface area (Å²) in [7, 11) is -4.17. The van der Waals surface area contributed by atoms with Gasteiger partial charge in [0.15, 0.2) is 0 Å². The number of aryl methyl sites for hydroxylation is 2. The largest absolute Gasteiger partial charge is 0.444 e. The van der Waals surface area contributed by atoms with Gasteiger partial charge in [0.2, 0.25) is 21.6 Å². The molecule has 0 aliphatic carbocycles. The van der Waals surface area contributed by atoms with Crippen LogP contribution in [0.5, 0.6) is 0 Å². The lowest BCUT2D eigenvalue weighted by molar-refractivity contribution is -0.113. The Labute approximate surface area is 175 Å². The summed E-state index contributed by atoms with van der Waals surface area (Å²) in [5.41, 5.74) is 1.47. The molecule has 0 spiro atoms. The number of carbonyl (C=O) groups is 2. The molecule has 0 bridgehead atoms. The Balaban J connectivity index is 2.06. The molecule has 30 heavy (non-hydrogen) atoms. The summed E-state index contributed by atoms with van der Waals surface area (Å²) in [5, 5.41) is 11.5. The van der Waals surface area contributed by atoms with Gasteiger partial charge in [-0.3, -0.25) is 4.79 Å². The van der Waals surface area contributed by atoms with Gasteiger partial charge in [0.05, 0.1) is 0 Å². The molecule has 0 saturated heterocycles. The number of hydrogen-bond acceptors (Lipinski definition) is 8. The van der Waals surface area contributed by atoms with Crippen LogP contribution in [-0.2, 0) is 19.4 Å². The van der Waals surface area contributed by atoms with Crippen molar-refractivity contribution in [1.82, 2.24) is 15.5 Å². The van der Waals surface area contributed by atoms with Crippen molar-refractivity contribution >= 4 is 27.5 Å². The molecule has 0 fully saturated rings. The van der Waals surface area contributed by atoms with Crippen molar-refractivity contribution in [1.29, 1.82) is 0 Å². The maximum Gasteiger partial charge on any atom is 0.408 e. The van der Waals surface area contributed by atoms with Gasteiger partial charge in [-0.1, -0.05) is 23.3 Å². The maximum atomic E-state index is 12.5. The molecule has 1 unspecified atom stereocenters. The van der Waals surface area contributed by atoms with Crippen LogP contribution in [-0.4, -0.2) is 42.0 Å². The highest BCUT2D eigenvalue weighted by Gasteiger charge is 2.28. The van der Waals surface area contributed by atoms with E-state index in [0.717, 1.165) is 11.1 Å². The Morgan fingerprint density at radius 3 is 2.33 bits per heavy atom. The van der Waals surface area contributed by atoms with E-state index in [2.05, 4.69) is 20.8 Å². The molecule has 10 nitrogen and oxygen atoms in total. The minimum atomic E-state index is -4.17. The quantitative estimate of drug-likeness (QED) is 0.701. The number of benzene rings is 1. The number of rotatable bonds is 6. The number of alkyl carbamates (subject to hydrolysis) is 1. The maximum absolute atomic E-state index is 12.5. The monoisotopic (exact) mass is 438 g/mol. The molecule has 1 atom stereocenters. The van der Waals surface area contributed by atoms with Crippen LogP contribution in [0.2, 0.25) is 0 Å². The van der Waals surface area contributed by atoms with Gasteiger partial charge in [-0.15, -0.1) is 5.10 Å². The fourth-order valence-corrected chi connectivity index (χ4v) is 3.41. The van der Waals surface area contributed by atoms with E-state index in [4.69, 9.17) is 9.15 Å². The first kappa shape index (κ1) is 23.3. The smallest absolute Gasteiger partial charge is 0.408 e. The molecule has 0 radical (unpaired) electrons. The van der Waals surface area contributed by atoms with Crippen LogP contribution in [0.25, 0.3) is 0 Å². The molecule has 2 rings (SSSR count). The highest BCUT2D eigenvalue weighted by Crippen LogP contribution is 2.20. The molecule has 0 saturated carbocycles. The van der Waals surface area contributed by atoms with Gasteiger partial charge in [-0.2, -0.15) is 0 Å². The molecular formula is C19H26N4O6S. The van der Waals surface area contributed by atoms with E-state index in [-0.39, 0.29) is 5.89 Å². The molecule has 2 N–H and O–H groups in total. The standard InChI is InChI=1S/C19H26N4O6S/c1-11-8-7-9-12(2)15(11)21-14(24)10-30(26,27)18-23-22-16(28-18)13(3)20-17(25)29-19(4,5)6/h7-9,13H,10H2,1-6H3,(H,20,25)(H,21,24). The first-order valence-corrected chi connectivity index (χ1v) is 10.9. The third-order valence-corrected chi connectivity index (χ3v) is 5.20. The average Bonchev–Trinajstić information content (AvgIpc) is 3.07. The third-order valence-electron chi connectivity index (χ3n) is 3.86. The van der Waals surface area contributed by atoms with Gasteiger partial charge in [0, 0.05) is 5.69 Å². The molecule has 2 amide bonds. The van der Waals surface area contributed by atoms with E-state index in [0.29, 0.717) is 5.69 Å². The second-order valence-corrected chi connectivity index (χ2v) is 9.72. The van der Waals surface area contributed by atoms with Crippen LogP contribution in [0.3, 0.4) is 0 Å². The Morgan fingerprint density at radius 2 is 1.77 bits per heavy atom. The topological polar surface area (TPSA) is 140 Å². The molecule has 0 aliphatic heterocycles. The summed E-state index contributed by atoms with van der Waals surface area (Å²) in [4.78, 5) is 24.1. The van der Waals surface area contributed by atoms with E-state index in [1.807, 2.05) is 6.07 Å². The summed E-state index contributed by atoms with van der Waals surface area (Å²) < 4.78 is 35.3. The predicted octanol–water partition coefficient (Wildman–Crippen LogP) is 2.68. The summed E-state index contributed by atoms with van der Waals surface area (Å²) in [6.45, 7) is 10.3. The van der Waals surface area contributed by atoms with Crippen LogP contribution in [0.15, 0.2) is 27.8 Å². The molecule has 1 aromatic heterocycles. The summed E-state index contributed by atoms with van der Waals surface area (Å²) in [6, 6.07) is 4.66. The van der Waals surface area contributed by atoms with Crippen molar-refractivity contribution in [2.75, 3.05) is 11.1 Å². The Kier molecular flexibility index (Phi) is 6.86. The zero-order valence-electron chi connectivity index (χ0n) is 17.8. The fraction of sp³-hybridized carbons (Fsp3) is 0.474. The molecule has 164 valence electrons. The highest BCUT2D eigenvalue weighted by atomic mass is 32.2. The first-order valence-electron chi connectivity index (χ1n) is 9.20. The number of aromatic nitrogens is 2. The second kappa shape index (κ2) is 8.82.